The summed E-state index contributed by atoms with van der Waals surface area (Å²) < 4.78 is 0. The molecule has 1 N–H and O–H groups in total. The number of rotatable bonds is 7. The number of hydrogen-bond acceptors (Lipinski definition) is 2. The molecule has 0 aliphatic heterocycles. The van der Waals surface area contributed by atoms with Crippen LogP contribution in [0.3, 0.4) is 0 Å². The van der Waals surface area contributed by atoms with E-state index in [-0.39, 0.29) is 11.5 Å². The van der Waals surface area contributed by atoms with Gasteiger partial charge in [-0.15, -0.1) is 0 Å². The van der Waals surface area contributed by atoms with Crippen LogP contribution in [-0.2, 0) is 6.42 Å². The van der Waals surface area contributed by atoms with Crippen LogP contribution in [0.15, 0.2) is 59.4 Å². The summed E-state index contributed by atoms with van der Waals surface area (Å²) in [6.07, 6.45) is 5.52. The number of para-hydroxylation sites is 1. The zero-order valence-corrected chi connectivity index (χ0v) is 14.2. The van der Waals surface area contributed by atoms with Crippen LogP contribution in [0.25, 0.3) is 10.9 Å². The van der Waals surface area contributed by atoms with Gasteiger partial charge in [0.2, 0.25) is 0 Å². The Labute approximate surface area is 142 Å². The Hall–Kier alpha value is -2.42. The highest BCUT2D eigenvalue weighted by Gasteiger charge is 2.16. The summed E-state index contributed by atoms with van der Waals surface area (Å²) in [4.78, 5) is 20.2. The van der Waals surface area contributed by atoms with Crippen LogP contribution in [0.4, 0.5) is 0 Å². The second kappa shape index (κ2) is 7.91. The fourth-order valence-electron chi connectivity index (χ4n) is 3.17. The molecule has 3 aromatic rings. The Bertz CT molecular complexity index is 839. The first kappa shape index (κ1) is 16.4. The Morgan fingerprint density at radius 2 is 1.75 bits per heavy atom. The molecule has 3 rings (SSSR count). The van der Waals surface area contributed by atoms with E-state index >= 15 is 0 Å². The largest absolute Gasteiger partial charge is 0.310 e. The van der Waals surface area contributed by atoms with Gasteiger partial charge in [0, 0.05) is 5.92 Å². The van der Waals surface area contributed by atoms with Crippen molar-refractivity contribution < 1.29 is 0 Å². The van der Waals surface area contributed by atoms with E-state index in [0.29, 0.717) is 5.39 Å². The van der Waals surface area contributed by atoms with Crippen molar-refractivity contribution in [2.75, 3.05) is 0 Å². The monoisotopic (exact) mass is 320 g/mol. The number of hydrogen-bond donors (Lipinski definition) is 1. The number of aromatic nitrogens is 2. The molecule has 0 saturated heterocycles. The topological polar surface area (TPSA) is 45.8 Å². The zero-order chi connectivity index (χ0) is 16.8. The van der Waals surface area contributed by atoms with Crippen LogP contribution in [0.5, 0.6) is 0 Å². The summed E-state index contributed by atoms with van der Waals surface area (Å²) >= 11 is 0. The average molecular weight is 320 g/mol. The van der Waals surface area contributed by atoms with E-state index in [1.165, 1.54) is 18.4 Å². The highest BCUT2D eigenvalue weighted by Crippen LogP contribution is 2.24. The smallest absolute Gasteiger partial charge is 0.258 e. The van der Waals surface area contributed by atoms with Crippen LogP contribution in [-0.4, -0.2) is 9.97 Å². The quantitative estimate of drug-likeness (QED) is 0.634. The molecule has 0 aliphatic carbocycles. The second-order valence-corrected chi connectivity index (χ2v) is 6.35. The molecule has 0 radical (unpaired) electrons. The van der Waals surface area contributed by atoms with E-state index in [9.17, 15) is 4.79 Å². The highest BCUT2D eigenvalue weighted by molar-refractivity contribution is 5.77. The lowest BCUT2D eigenvalue weighted by Crippen LogP contribution is -2.16. The first-order valence-electron chi connectivity index (χ1n) is 8.81. The van der Waals surface area contributed by atoms with Crippen molar-refractivity contribution >= 4 is 10.9 Å². The summed E-state index contributed by atoms with van der Waals surface area (Å²) in [6.45, 7) is 2.21. The van der Waals surface area contributed by atoms with Crippen LogP contribution >= 0.6 is 0 Å². The third kappa shape index (κ3) is 3.91. The molecule has 1 atom stereocenters. The lowest BCUT2D eigenvalue weighted by atomic mass is 9.93. The maximum Gasteiger partial charge on any atom is 0.258 e. The number of H-pyrrole nitrogens is 1. The zero-order valence-electron chi connectivity index (χ0n) is 14.2. The third-order valence-electron chi connectivity index (χ3n) is 4.50. The number of benzene rings is 2. The minimum absolute atomic E-state index is 0.0378. The predicted octanol–water partition coefficient (Wildman–Crippen LogP) is 4.83. The molecule has 24 heavy (non-hydrogen) atoms. The maximum absolute atomic E-state index is 12.4. The van der Waals surface area contributed by atoms with Crippen LogP contribution in [0.1, 0.15) is 49.9 Å². The second-order valence-electron chi connectivity index (χ2n) is 6.35. The minimum atomic E-state index is -0.0378. The maximum atomic E-state index is 12.4. The van der Waals surface area contributed by atoms with E-state index < -0.39 is 0 Å². The molecule has 3 nitrogen and oxygen atoms in total. The van der Waals surface area contributed by atoms with Gasteiger partial charge in [-0.25, -0.2) is 4.98 Å². The molecule has 0 saturated carbocycles. The molecule has 0 amide bonds. The summed E-state index contributed by atoms with van der Waals surface area (Å²) in [6, 6.07) is 18.0. The van der Waals surface area contributed by atoms with Gasteiger partial charge >= 0.3 is 0 Å². The first-order valence-corrected chi connectivity index (χ1v) is 8.81. The molecule has 0 spiro atoms. The Kier molecular flexibility index (Phi) is 5.42. The van der Waals surface area contributed by atoms with Gasteiger partial charge in [0.1, 0.15) is 5.82 Å². The van der Waals surface area contributed by atoms with Gasteiger partial charge in [0.05, 0.1) is 10.9 Å². The van der Waals surface area contributed by atoms with Crippen molar-refractivity contribution in [2.24, 2.45) is 0 Å². The molecule has 124 valence electrons. The molecule has 3 heteroatoms. The lowest BCUT2D eigenvalue weighted by molar-refractivity contribution is 0.540. The van der Waals surface area contributed by atoms with Gasteiger partial charge in [-0.3, -0.25) is 4.79 Å². The Morgan fingerprint density at radius 3 is 2.54 bits per heavy atom. The Morgan fingerprint density at radius 1 is 1.00 bits per heavy atom. The standard InChI is InChI=1S/C21H24N2O/c1-2-3-5-12-17(15-16-10-6-4-7-11-16)20-22-19-14-9-8-13-18(19)21(24)23-20/h4,6-11,13-14,17H,2-3,5,12,15H2,1H3,(H,22,23,24). The molecular formula is C21H24N2O. The number of nitrogens with zero attached hydrogens (tertiary/aromatic N) is 1. The van der Waals surface area contributed by atoms with E-state index in [1.807, 2.05) is 30.3 Å². The SMILES string of the molecule is CCCCCC(Cc1ccccc1)c1nc2ccccc2c(=O)[nH]1. The normalized spacial score (nSPS) is 12.4. The summed E-state index contributed by atoms with van der Waals surface area (Å²) in [5.41, 5.74) is 2.03. The summed E-state index contributed by atoms with van der Waals surface area (Å²) in [5.74, 6) is 1.06. The van der Waals surface area contributed by atoms with Crippen LogP contribution < -0.4 is 5.56 Å². The van der Waals surface area contributed by atoms with Crippen LogP contribution in [0, 0.1) is 0 Å². The first-order chi connectivity index (χ1) is 11.8. The molecular weight excluding hydrogens is 296 g/mol. The van der Waals surface area contributed by atoms with Gasteiger partial charge < -0.3 is 4.98 Å². The minimum Gasteiger partial charge on any atom is -0.310 e. The van der Waals surface area contributed by atoms with Gasteiger partial charge in [-0.2, -0.15) is 0 Å². The molecule has 2 aromatic carbocycles. The van der Waals surface area contributed by atoms with Gasteiger partial charge in [0.25, 0.3) is 5.56 Å². The third-order valence-corrected chi connectivity index (χ3v) is 4.50. The van der Waals surface area contributed by atoms with E-state index in [0.717, 1.165) is 30.6 Å². The number of aromatic amines is 1. The van der Waals surface area contributed by atoms with Crippen molar-refractivity contribution in [1.82, 2.24) is 9.97 Å². The lowest BCUT2D eigenvalue weighted by Gasteiger charge is -2.17. The average Bonchev–Trinajstić information content (AvgIpc) is 2.62. The van der Waals surface area contributed by atoms with Gasteiger partial charge in [-0.05, 0) is 30.5 Å². The van der Waals surface area contributed by atoms with E-state index in [2.05, 4.69) is 36.2 Å². The fraction of sp³-hybridized carbons (Fsp3) is 0.333. The molecule has 1 unspecified atom stereocenters. The molecule has 0 bridgehead atoms. The molecule has 0 fully saturated rings. The van der Waals surface area contributed by atoms with E-state index in [1.54, 1.807) is 0 Å². The molecule has 0 aliphatic rings. The van der Waals surface area contributed by atoms with Crippen molar-refractivity contribution in [1.29, 1.82) is 0 Å². The number of nitrogens with one attached hydrogen (secondary N) is 1. The van der Waals surface area contributed by atoms with E-state index in [4.69, 9.17) is 4.98 Å². The highest BCUT2D eigenvalue weighted by atomic mass is 16.1. The number of unbranched alkanes of at least 4 members (excludes halogenated alkanes) is 2. The van der Waals surface area contributed by atoms with Crippen molar-refractivity contribution in [3.63, 3.8) is 0 Å². The van der Waals surface area contributed by atoms with Gasteiger partial charge in [0.15, 0.2) is 0 Å². The Balaban J connectivity index is 1.93. The van der Waals surface area contributed by atoms with Crippen molar-refractivity contribution in [2.45, 2.75) is 44.9 Å². The molecule has 1 aromatic heterocycles. The molecule has 1 heterocycles. The van der Waals surface area contributed by atoms with Crippen molar-refractivity contribution in [3.8, 4) is 0 Å². The summed E-state index contributed by atoms with van der Waals surface area (Å²) in [5, 5.41) is 0.660. The summed E-state index contributed by atoms with van der Waals surface area (Å²) in [7, 11) is 0. The van der Waals surface area contributed by atoms with Crippen LogP contribution in [0.2, 0.25) is 0 Å². The number of fused-ring (bicyclic) bond motifs is 1. The van der Waals surface area contributed by atoms with Gasteiger partial charge in [-0.1, -0.05) is 68.7 Å². The van der Waals surface area contributed by atoms with Crippen molar-refractivity contribution in [3.05, 3.63) is 76.3 Å². The fourth-order valence-corrected chi connectivity index (χ4v) is 3.17. The predicted molar refractivity (Wildman–Crippen MR) is 99.4 cm³/mol.